The van der Waals surface area contributed by atoms with Gasteiger partial charge in [-0.05, 0) is 48.6 Å². The molecule has 1 N–H and O–H groups in total. The van der Waals surface area contributed by atoms with Gasteiger partial charge in [0.1, 0.15) is 0 Å². The van der Waals surface area contributed by atoms with Gasteiger partial charge in [-0.3, -0.25) is 4.79 Å². The van der Waals surface area contributed by atoms with Crippen LogP contribution in [0.2, 0.25) is 0 Å². The quantitative estimate of drug-likeness (QED) is 0.867. The van der Waals surface area contributed by atoms with E-state index in [9.17, 15) is 4.79 Å². The molecule has 24 heavy (non-hydrogen) atoms. The van der Waals surface area contributed by atoms with Gasteiger partial charge >= 0.3 is 0 Å². The molecule has 1 aromatic heterocycles. The predicted octanol–water partition coefficient (Wildman–Crippen LogP) is 3.66. The number of piperidine rings is 1. The van der Waals surface area contributed by atoms with E-state index in [-0.39, 0.29) is 5.91 Å². The van der Waals surface area contributed by atoms with Gasteiger partial charge in [0.2, 0.25) is 5.91 Å². The maximum atomic E-state index is 12.1. The van der Waals surface area contributed by atoms with Crippen molar-refractivity contribution >= 4 is 33.5 Å². The molecular weight excluding hydrogens is 368 g/mol. The van der Waals surface area contributed by atoms with Gasteiger partial charge in [-0.15, -0.1) is 10.2 Å². The van der Waals surface area contributed by atoms with Gasteiger partial charge < -0.3 is 10.2 Å². The number of aromatic nitrogens is 2. The highest BCUT2D eigenvalue weighted by Crippen LogP contribution is 2.21. The van der Waals surface area contributed by atoms with Crippen molar-refractivity contribution in [2.24, 2.45) is 5.92 Å². The average molecular weight is 389 g/mol. The standard InChI is InChI=1S/C18H21BrN4O/c1-13-4-3-9-23(12-13)17-8-7-16(21-22-17)20-18(24)11-14-5-2-6-15(19)10-14/h2,5-8,10,13H,3-4,9,11-12H2,1H3,(H,20,21,24). The van der Waals surface area contributed by atoms with E-state index < -0.39 is 0 Å². The molecule has 1 aliphatic rings. The van der Waals surface area contributed by atoms with E-state index in [2.05, 4.69) is 43.3 Å². The van der Waals surface area contributed by atoms with Crippen LogP contribution in [0, 0.1) is 5.92 Å². The minimum atomic E-state index is -0.0956. The normalized spacial score (nSPS) is 17.6. The van der Waals surface area contributed by atoms with Crippen LogP contribution in [0.25, 0.3) is 0 Å². The van der Waals surface area contributed by atoms with Gasteiger partial charge in [0.25, 0.3) is 0 Å². The van der Waals surface area contributed by atoms with Crippen LogP contribution in [0.3, 0.4) is 0 Å². The zero-order valence-corrected chi connectivity index (χ0v) is 15.3. The first-order chi connectivity index (χ1) is 11.6. The average Bonchev–Trinajstić information content (AvgIpc) is 2.55. The van der Waals surface area contributed by atoms with Crippen LogP contribution >= 0.6 is 15.9 Å². The number of nitrogens with one attached hydrogen (secondary N) is 1. The molecule has 0 radical (unpaired) electrons. The lowest BCUT2D eigenvalue weighted by atomic mass is 10.0. The zero-order valence-electron chi connectivity index (χ0n) is 13.7. The fourth-order valence-corrected chi connectivity index (χ4v) is 3.42. The SMILES string of the molecule is CC1CCCN(c2ccc(NC(=O)Cc3cccc(Br)c3)nn2)C1. The molecule has 1 unspecified atom stereocenters. The Bertz CT molecular complexity index is 704. The molecule has 0 spiro atoms. The Kier molecular flexibility index (Phi) is 5.45. The molecule has 1 saturated heterocycles. The van der Waals surface area contributed by atoms with Crippen molar-refractivity contribution in [3.05, 3.63) is 46.4 Å². The van der Waals surface area contributed by atoms with Crippen LogP contribution in [-0.2, 0) is 11.2 Å². The number of carbonyl (C=O) groups excluding carboxylic acids is 1. The number of hydrogen-bond acceptors (Lipinski definition) is 4. The van der Waals surface area contributed by atoms with E-state index in [1.165, 1.54) is 12.8 Å². The van der Waals surface area contributed by atoms with E-state index in [4.69, 9.17) is 0 Å². The third kappa shape index (κ3) is 4.54. The molecule has 2 aromatic rings. The van der Waals surface area contributed by atoms with Crippen molar-refractivity contribution < 1.29 is 4.79 Å². The number of nitrogens with zero attached hydrogens (tertiary/aromatic N) is 3. The van der Waals surface area contributed by atoms with Crippen LogP contribution in [0.15, 0.2) is 40.9 Å². The Labute approximate surface area is 150 Å². The molecule has 0 bridgehead atoms. The summed E-state index contributed by atoms with van der Waals surface area (Å²) in [5, 5.41) is 11.2. The van der Waals surface area contributed by atoms with Crippen molar-refractivity contribution in [3.8, 4) is 0 Å². The van der Waals surface area contributed by atoms with Crippen molar-refractivity contribution in [1.82, 2.24) is 10.2 Å². The highest BCUT2D eigenvalue weighted by atomic mass is 79.9. The van der Waals surface area contributed by atoms with Gasteiger partial charge in [0, 0.05) is 17.6 Å². The second kappa shape index (κ2) is 7.75. The Hall–Kier alpha value is -1.95. The molecule has 1 aliphatic heterocycles. The van der Waals surface area contributed by atoms with Crippen molar-refractivity contribution in [2.45, 2.75) is 26.2 Å². The van der Waals surface area contributed by atoms with Gasteiger partial charge in [0.05, 0.1) is 6.42 Å². The smallest absolute Gasteiger partial charge is 0.229 e. The number of hydrogen-bond donors (Lipinski definition) is 1. The van der Waals surface area contributed by atoms with Crippen LogP contribution in [-0.4, -0.2) is 29.2 Å². The molecule has 0 aliphatic carbocycles. The first-order valence-corrected chi connectivity index (χ1v) is 9.02. The Morgan fingerprint density at radius 2 is 2.21 bits per heavy atom. The van der Waals surface area contributed by atoms with E-state index in [1.807, 2.05) is 36.4 Å². The van der Waals surface area contributed by atoms with Crippen molar-refractivity contribution in [3.63, 3.8) is 0 Å². The largest absolute Gasteiger partial charge is 0.355 e. The van der Waals surface area contributed by atoms with Crippen LogP contribution in [0.1, 0.15) is 25.3 Å². The lowest BCUT2D eigenvalue weighted by Crippen LogP contribution is -2.34. The van der Waals surface area contributed by atoms with E-state index >= 15 is 0 Å². The van der Waals surface area contributed by atoms with Gasteiger partial charge in [-0.25, -0.2) is 0 Å². The van der Waals surface area contributed by atoms with Gasteiger partial charge in [0.15, 0.2) is 11.6 Å². The molecule has 6 heteroatoms. The van der Waals surface area contributed by atoms with E-state index in [1.54, 1.807) is 0 Å². The first kappa shape index (κ1) is 16.9. The Balaban J connectivity index is 1.58. The van der Waals surface area contributed by atoms with Crippen molar-refractivity contribution in [2.75, 3.05) is 23.3 Å². The topological polar surface area (TPSA) is 58.1 Å². The summed E-state index contributed by atoms with van der Waals surface area (Å²) in [5.41, 5.74) is 0.953. The molecule has 5 nitrogen and oxygen atoms in total. The summed E-state index contributed by atoms with van der Waals surface area (Å²) in [4.78, 5) is 14.4. The van der Waals surface area contributed by atoms with Crippen LogP contribution in [0.4, 0.5) is 11.6 Å². The number of halogens is 1. The molecule has 1 aromatic carbocycles. The lowest BCUT2D eigenvalue weighted by molar-refractivity contribution is -0.115. The summed E-state index contributed by atoms with van der Waals surface area (Å²) in [6, 6.07) is 11.5. The fourth-order valence-electron chi connectivity index (χ4n) is 2.98. The Morgan fingerprint density at radius 3 is 2.92 bits per heavy atom. The van der Waals surface area contributed by atoms with Gasteiger partial charge in [-0.2, -0.15) is 0 Å². The zero-order chi connectivity index (χ0) is 16.9. The lowest BCUT2D eigenvalue weighted by Gasteiger charge is -2.31. The molecule has 2 heterocycles. The summed E-state index contributed by atoms with van der Waals surface area (Å²) in [5.74, 6) is 1.96. The molecule has 1 fully saturated rings. The van der Waals surface area contributed by atoms with Gasteiger partial charge in [-0.1, -0.05) is 35.0 Å². The van der Waals surface area contributed by atoms with Crippen LogP contribution in [0.5, 0.6) is 0 Å². The number of benzene rings is 1. The molecule has 126 valence electrons. The highest BCUT2D eigenvalue weighted by molar-refractivity contribution is 9.10. The van der Waals surface area contributed by atoms with Crippen LogP contribution < -0.4 is 10.2 Å². The third-order valence-corrected chi connectivity index (χ3v) is 4.65. The fraction of sp³-hybridized carbons (Fsp3) is 0.389. The molecule has 3 rings (SSSR count). The summed E-state index contributed by atoms with van der Waals surface area (Å²) >= 11 is 3.41. The minimum Gasteiger partial charge on any atom is -0.355 e. The highest BCUT2D eigenvalue weighted by Gasteiger charge is 2.17. The van der Waals surface area contributed by atoms with E-state index in [0.29, 0.717) is 18.2 Å². The summed E-state index contributed by atoms with van der Waals surface area (Å²) < 4.78 is 0.965. The Morgan fingerprint density at radius 1 is 1.33 bits per heavy atom. The molecule has 1 atom stereocenters. The summed E-state index contributed by atoms with van der Waals surface area (Å²) in [7, 11) is 0. The third-order valence-electron chi connectivity index (χ3n) is 4.15. The number of amides is 1. The number of rotatable bonds is 4. The van der Waals surface area contributed by atoms with E-state index in [0.717, 1.165) is 28.9 Å². The minimum absolute atomic E-state index is 0.0956. The summed E-state index contributed by atoms with van der Waals surface area (Å²) in [6.07, 6.45) is 2.77. The second-order valence-corrected chi connectivity index (χ2v) is 7.24. The molecule has 0 saturated carbocycles. The number of carbonyl (C=O) groups is 1. The number of anilines is 2. The maximum Gasteiger partial charge on any atom is 0.229 e. The summed E-state index contributed by atoms with van der Waals surface area (Å²) in [6.45, 7) is 4.30. The molecule has 1 amide bonds. The van der Waals surface area contributed by atoms with Crippen molar-refractivity contribution in [1.29, 1.82) is 0 Å². The maximum absolute atomic E-state index is 12.1. The predicted molar refractivity (Wildman–Crippen MR) is 99.1 cm³/mol. The monoisotopic (exact) mass is 388 g/mol. The second-order valence-electron chi connectivity index (χ2n) is 6.33. The molecular formula is C18H21BrN4O. The first-order valence-electron chi connectivity index (χ1n) is 8.23.